The minimum Gasteiger partial charge on any atom is -0.316 e. The highest BCUT2D eigenvalue weighted by molar-refractivity contribution is 8.00. The van der Waals surface area contributed by atoms with E-state index in [1.165, 1.54) is 12.8 Å². The highest BCUT2D eigenvalue weighted by atomic mass is 35.5. The lowest BCUT2D eigenvalue weighted by atomic mass is 10.2. The van der Waals surface area contributed by atoms with Crippen LogP contribution in [0.25, 0.3) is 0 Å². The van der Waals surface area contributed by atoms with Gasteiger partial charge in [-0.3, -0.25) is 0 Å². The molecule has 86 valence electrons. The first-order valence-electron chi connectivity index (χ1n) is 5.12. The third kappa shape index (κ3) is 3.38. The van der Waals surface area contributed by atoms with Gasteiger partial charge in [0.15, 0.2) is 0 Å². The van der Waals surface area contributed by atoms with Crippen LogP contribution in [0.4, 0.5) is 0 Å². The van der Waals surface area contributed by atoms with Crippen molar-refractivity contribution in [3.63, 3.8) is 0 Å². The molecule has 0 bridgehead atoms. The smallest absolute Gasteiger partial charge is 0.114 e. The summed E-state index contributed by atoms with van der Waals surface area (Å²) in [6, 6.07) is 5.81. The van der Waals surface area contributed by atoms with Gasteiger partial charge < -0.3 is 5.32 Å². The van der Waals surface area contributed by atoms with Gasteiger partial charge in [0.1, 0.15) is 11.1 Å². The molecule has 1 fully saturated rings. The van der Waals surface area contributed by atoms with Crippen LogP contribution in [-0.2, 0) is 0 Å². The van der Waals surface area contributed by atoms with E-state index in [0.717, 1.165) is 18.1 Å². The summed E-state index contributed by atoms with van der Waals surface area (Å²) in [7, 11) is 0. The van der Waals surface area contributed by atoms with Crippen molar-refractivity contribution in [3.05, 3.63) is 23.9 Å². The zero-order valence-corrected chi connectivity index (χ0v) is 10.5. The van der Waals surface area contributed by atoms with Gasteiger partial charge in [-0.25, -0.2) is 4.98 Å². The fourth-order valence-corrected chi connectivity index (χ4v) is 2.81. The van der Waals surface area contributed by atoms with Gasteiger partial charge in [-0.2, -0.15) is 5.26 Å². The number of pyridine rings is 1. The standard InChI is InChI=1S/C11H13N3S.ClH/c12-7-9-3-1-6-14-11(9)15-10-4-2-5-13-8-10;/h1,3,6,10,13H,2,4-5,8H2;1H. The SMILES string of the molecule is Cl.N#Cc1cccnc1SC1CCCNC1. The first kappa shape index (κ1) is 13.3. The molecule has 0 aliphatic carbocycles. The number of nitrogens with zero attached hydrogens (tertiary/aromatic N) is 2. The second kappa shape index (κ2) is 6.74. The molecule has 0 saturated carbocycles. The Bertz CT molecular complexity index is 372. The van der Waals surface area contributed by atoms with E-state index in [-0.39, 0.29) is 12.4 Å². The van der Waals surface area contributed by atoms with E-state index in [1.54, 1.807) is 18.0 Å². The van der Waals surface area contributed by atoms with Crippen LogP contribution in [0.3, 0.4) is 0 Å². The van der Waals surface area contributed by atoms with E-state index < -0.39 is 0 Å². The predicted molar refractivity (Wildman–Crippen MR) is 67.9 cm³/mol. The van der Waals surface area contributed by atoms with Gasteiger partial charge in [0, 0.05) is 18.0 Å². The maximum Gasteiger partial charge on any atom is 0.114 e. The van der Waals surface area contributed by atoms with Gasteiger partial charge in [0.2, 0.25) is 0 Å². The van der Waals surface area contributed by atoms with Crippen molar-refractivity contribution in [3.8, 4) is 6.07 Å². The number of halogens is 1. The van der Waals surface area contributed by atoms with Crippen molar-refractivity contribution in [1.29, 1.82) is 5.26 Å². The van der Waals surface area contributed by atoms with Crippen LogP contribution in [0.1, 0.15) is 18.4 Å². The molecule has 5 heteroatoms. The molecule has 2 rings (SSSR count). The van der Waals surface area contributed by atoms with Crippen molar-refractivity contribution in [1.82, 2.24) is 10.3 Å². The maximum absolute atomic E-state index is 8.93. The van der Waals surface area contributed by atoms with Crippen LogP contribution in [0.2, 0.25) is 0 Å². The molecule has 0 aromatic carbocycles. The lowest BCUT2D eigenvalue weighted by Crippen LogP contribution is -2.31. The summed E-state index contributed by atoms with van der Waals surface area (Å²) in [6.45, 7) is 2.14. The molecular weight excluding hydrogens is 242 g/mol. The van der Waals surface area contributed by atoms with E-state index in [1.807, 2.05) is 12.1 Å². The normalized spacial score (nSPS) is 19.6. The van der Waals surface area contributed by atoms with Crippen LogP contribution in [0, 0.1) is 11.3 Å². The molecular formula is C11H14ClN3S. The summed E-state index contributed by atoms with van der Waals surface area (Å²) in [5.41, 5.74) is 0.688. The molecule has 1 atom stereocenters. The molecule has 0 radical (unpaired) electrons. The van der Waals surface area contributed by atoms with Crippen molar-refractivity contribution in [2.75, 3.05) is 13.1 Å². The maximum atomic E-state index is 8.93. The Morgan fingerprint density at radius 2 is 2.44 bits per heavy atom. The van der Waals surface area contributed by atoms with Crippen molar-refractivity contribution in [2.45, 2.75) is 23.1 Å². The molecule has 0 spiro atoms. The van der Waals surface area contributed by atoms with Crippen molar-refractivity contribution >= 4 is 24.2 Å². The molecule has 0 amide bonds. The first-order chi connectivity index (χ1) is 7.40. The van der Waals surface area contributed by atoms with Crippen LogP contribution in [-0.4, -0.2) is 23.3 Å². The average Bonchev–Trinajstić information content (AvgIpc) is 2.31. The summed E-state index contributed by atoms with van der Waals surface area (Å²) in [4.78, 5) is 4.26. The van der Waals surface area contributed by atoms with E-state index in [4.69, 9.17) is 5.26 Å². The van der Waals surface area contributed by atoms with Crippen LogP contribution >= 0.6 is 24.2 Å². The predicted octanol–water partition coefficient (Wildman–Crippen LogP) is 2.22. The third-order valence-corrected chi connectivity index (χ3v) is 3.71. The molecule has 1 unspecified atom stereocenters. The third-order valence-electron chi connectivity index (χ3n) is 2.42. The molecule has 16 heavy (non-hydrogen) atoms. The number of piperidine rings is 1. The van der Waals surface area contributed by atoms with Gasteiger partial charge in [-0.15, -0.1) is 24.2 Å². The lowest BCUT2D eigenvalue weighted by Gasteiger charge is -2.21. The number of thioether (sulfide) groups is 1. The second-order valence-electron chi connectivity index (χ2n) is 3.55. The minimum atomic E-state index is 0. The van der Waals surface area contributed by atoms with E-state index in [0.29, 0.717) is 10.8 Å². The summed E-state index contributed by atoms with van der Waals surface area (Å²) in [6.07, 6.45) is 4.17. The van der Waals surface area contributed by atoms with Crippen LogP contribution < -0.4 is 5.32 Å². The summed E-state index contributed by atoms with van der Waals surface area (Å²) >= 11 is 1.72. The van der Waals surface area contributed by atoms with Gasteiger partial charge >= 0.3 is 0 Å². The average molecular weight is 256 g/mol. The molecule has 1 aromatic heterocycles. The Morgan fingerprint density at radius 1 is 1.56 bits per heavy atom. The number of hydrogen-bond donors (Lipinski definition) is 1. The van der Waals surface area contributed by atoms with Gasteiger partial charge in [-0.1, -0.05) is 0 Å². The zero-order chi connectivity index (χ0) is 10.5. The molecule has 1 aromatic rings. The van der Waals surface area contributed by atoms with E-state index in [9.17, 15) is 0 Å². The molecule has 1 saturated heterocycles. The molecule has 2 heterocycles. The first-order valence-corrected chi connectivity index (χ1v) is 6.00. The molecule has 3 nitrogen and oxygen atoms in total. The molecule has 1 N–H and O–H groups in total. The fraction of sp³-hybridized carbons (Fsp3) is 0.455. The largest absolute Gasteiger partial charge is 0.316 e. The summed E-state index contributed by atoms with van der Waals surface area (Å²) in [5, 5.41) is 13.7. The van der Waals surface area contributed by atoms with Crippen molar-refractivity contribution < 1.29 is 0 Å². The zero-order valence-electron chi connectivity index (χ0n) is 8.85. The minimum absolute atomic E-state index is 0. The van der Waals surface area contributed by atoms with Gasteiger partial charge in [-0.05, 0) is 31.5 Å². The Morgan fingerprint density at radius 3 is 3.12 bits per heavy atom. The van der Waals surface area contributed by atoms with Gasteiger partial charge in [0.25, 0.3) is 0 Å². The quantitative estimate of drug-likeness (QED) is 0.880. The Hall–Kier alpha value is -0.760. The number of rotatable bonds is 2. The van der Waals surface area contributed by atoms with E-state index in [2.05, 4.69) is 16.4 Å². The number of nitrogens with one attached hydrogen (secondary N) is 1. The lowest BCUT2D eigenvalue weighted by molar-refractivity contribution is 0.531. The molecule has 1 aliphatic rings. The summed E-state index contributed by atoms with van der Waals surface area (Å²) < 4.78 is 0. The monoisotopic (exact) mass is 255 g/mol. The Kier molecular flexibility index (Phi) is 5.61. The summed E-state index contributed by atoms with van der Waals surface area (Å²) in [5.74, 6) is 0. The highest BCUT2D eigenvalue weighted by Gasteiger charge is 2.16. The number of nitriles is 1. The molecule has 1 aliphatic heterocycles. The van der Waals surface area contributed by atoms with E-state index >= 15 is 0 Å². The van der Waals surface area contributed by atoms with Gasteiger partial charge in [0.05, 0.1) is 5.56 Å². The number of hydrogen-bond acceptors (Lipinski definition) is 4. The van der Waals surface area contributed by atoms with Crippen molar-refractivity contribution in [2.24, 2.45) is 0 Å². The Labute approximate surface area is 106 Å². The topological polar surface area (TPSA) is 48.7 Å². The second-order valence-corrected chi connectivity index (χ2v) is 4.84. The highest BCUT2D eigenvalue weighted by Crippen LogP contribution is 2.27. The number of aromatic nitrogens is 1. The Balaban J connectivity index is 0.00000128. The van der Waals surface area contributed by atoms with Crippen LogP contribution in [0.5, 0.6) is 0 Å². The van der Waals surface area contributed by atoms with Crippen LogP contribution in [0.15, 0.2) is 23.4 Å². The fourth-order valence-electron chi connectivity index (χ4n) is 1.65.